The SMILES string of the molecule is CSC1CNCC(C(C)C)C1. The quantitative estimate of drug-likeness (QED) is 0.685. The molecule has 1 rings (SSSR count). The Kier molecular flexibility index (Phi) is 3.73. The number of hydrogen-bond donors (Lipinski definition) is 1. The van der Waals surface area contributed by atoms with Crippen LogP contribution in [0.3, 0.4) is 0 Å². The molecule has 2 atom stereocenters. The predicted octanol–water partition coefficient (Wildman–Crippen LogP) is 1.98. The van der Waals surface area contributed by atoms with Crippen molar-refractivity contribution >= 4 is 11.8 Å². The van der Waals surface area contributed by atoms with E-state index >= 15 is 0 Å². The van der Waals surface area contributed by atoms with E-state index in [1.54, 1.807) is 0 Å². The van der Waals surface area contributed by atoms with Crippen molar-refractivity contribution in [1.82, 2.24) is 5.32 Å². The molecule has 0 radical (unpaired) electrons. The first-order valence-corrected chi connectivity index (χ1v) is 5.76. The van der Waals surface area contributed by atoms with Crippen molar-refractivity contribution < 1.29 is 0 Å². The van der Waals surface area contributed by atoms with E-state index in [0.717, 1.165) is 17.1 Å². The van der Waals surface area contributed by atoms with E-state index < -0.39 is 0 Å². The van der Waals surface area contributed by atoms with E-state index in [0.29, 0.717) is 0 Å². The Balaban J connectivity index is 2.33. The maximum absolute atomic E-state index is 3.50. The summed E-state index contributed by atoms with van der Waals surface area (Å²) < 4.78 is 0. The van der Waals surface area contributed by atoms with Gasteiger partial charge in [-0.05, 0) is 31.1 Å². The maximum atomic E-state index is 3.50. The van der Waals surface area contributed by atoms with Crippen molar-refractivity contribution in [3.63, 3.8) is 0 Å². The third-order valence-electron chi connectivity index (χ3n) is 2.62. The Morgan fingerprint density at radius 1 is 1.36 bits per heavy atom. The molecule has 0 saturated carbocycles. The molecule has 0 aliphatic carbocycles. The lowest BCUT2D eigenvalue weighted by atomic mass is 9.89. The van der Waals surface area contributed by atoms with Gasteiger partial charge in [0.1, 0.15) is 0 Å². The zero-order chi connectivity index (χ0) is 8.27. The fourth-order valence-corrected chi connectivity index (χ4v) is 2.35. The summed E-state index contributed by atoms with van der Waals surface area (Å²) in [7, 11) is 0. The number of hydrogen-bond acceptors (Lipinski definition) is 2. The van der Waals surface area contributed by atoms with E-state index in [-0.39, 0.29) is 0 Å². The topological polar surface area (TPSA) is 12.0 Å². The molecular weight excluding hydrogens is 154 g/mol. The first-order chi connectivity index (χ1) is 5.24. The Bertz CT molecular complexity index is 114. The molecule has 0 aromatic carbocycles. The zero-order valence-corrected chi connectivity index (χ0v) is 8.58. The molecule has 11 heavy (non-hydrogen) atoms. The van der Waals surface area contributed by atoms with E-state index in [4.69, 9.17) is 0 Å². The normalized spacial score (nSPS) is 32.7. The molecule has 1 nitrogen and oxygen atoms in total. The number of nitrogens with one attached hydrogen (secondary N) is 1. The molecule has 0 spiro atoms. The highest BCUT2D eigenvalue weighted by molar-refractivity contribution is 7.99. The molecule has 1 aliphatic rings. The molecule has 66 valence electrons. The molecule has 0 aromatic rings. The van der Waals surface area contributed by atoms with E-state index in [1.165, 1.54) is 19.5 Å². The van der Waals surface area contributed by atoms with Gasteiger partial charge in [-0.15, -0.1) is 0 Å². The van der Waals surface area contributed by atoms with Crippen LogP contribution in [0.15, 0.2) is 0 Å². The lowest BCUT2D eigenvalue weighted by Gasteiger charge is -2.31. The summed E-state index contributed by atoms with van der Waals surface area (Å²) in [5.41, 5.74) is 0. The average Bonchev–Trinajstić information content (AvgIpc) is 2.05. The molecule has 2 unspecified atom stereocenters. The molecule has 0 bridgehead atoms. The second-order valence-electron chi connectivity index (χ2n) is 3.76. The van der Waals surface area contributed by atoms with Crippen LogP contribution >= 0.6 is 11.8 Å². The zero-order valence-electron chi connectivity index (χ0n) is 7.76. The Labute approximate surface area is 74.3 Å². The molecule has 1 saturated heterocycles. The summed E-state index contributed by atoms with van der Waals surface area (Å²) in [6.07, 6.45) is 3.63. The largest absolute Gasteiger partial charge is 0.315 e. The van der Waals surface area contributed by atoms with Gasteiger partial charge in [-0.3, -0.25) is 0 Å². The van der Waals surface area contributed by atoms with E-state index in [1.807, 2.05) is 11.8 Å². The molecule has 0 aromatic heterocycles. The fourth-order valence-electron chi connectivity index (χ4n) is 1.62. The predicted molar refractivity (Wildman–Crippen MR) is 53.1 cm³/mol. The molecular formula is C9H19NS. The van der Waals surface area contributed by atoms with E-state index in [2.05, 4.69) is 25.4 Å². The molecule has 1 N–H and O–H groups in total. The lowest BCUT2D eigenvalue weighted by molar-refractivity contribution is 0.302. The number of thioether (sulfide) groups is 1. The van der Waals surface area contributed by atoms with Crippen molar-refractivity contribution in [2.24, 2.45) is 11.8 Å². The van der Waals surface area contributed by atoms with E-state index in [9.17, 15) is 0 Å². The van der Waals surface area contributed by atoms with Crippen molar-refractivity contribution in [2.45, 2.75) is 25.5 Å². The van der Waals surface area contributed by atoms with Crippen LogP contribution in [-0.2, 0) is 0 Å². The van der Waals surface area contributed by atoms with Gasteiger partial charge < -0.3 is 5.32 Å². The Hall–Kier alpha value is 0.310. The first-order valence-electron chi connectivity index (χ1n) is 4.47. The van der Waals surface area contributed by atoms with Crippen LogP contribution in [0.4, 0.5) is 0 Å². The van der Waals surface area contributed by atoms with Crippen molar-refractivity contribution in [3.05, 3.63) is 0 Å². The third-order valence-corrected chi connectivity index (χ3v) is 3.65. The lowest BCUT2D eigenvalue weighted by Crippen LogP contribution is -2.39. The van der Waals surface area contributed by atoms with Gasteiger partial charge in [0.2, 0.25) is 0 Å². The van der Waals surface area contributed by atoms with Crippen LogP contribution in [0.25, 0.3) is 0 Å². The second kappa shape index (κ2) is 4.36. The summed E-state index contributed by atoms with van der Waals surface area (Å²) in [5, 5.41) is 4.35. The Morgan fingerprint density at radius 2 is 2.09 bits per heavy atom. The van der Waals surface area contributed by atoms with Gasteiger partial charge in [0.25, 0.3) is 0 Å². The van der Waals surface area contributed by atoms with Crippen LogP contribution in [0.1, 0.15) is 20.3 Å². The van der Waals surface area contributed by atoms with Crippen molar-refractivity contribution in [1.29, 1.82) is 0 Å². The minimum atomic E-state index is 0.845. The molecule has 1 aliphatic heterocycles. The summed E-state index contributed by atoms with van der Waals surface area (Å²) in [6.45, 7) is 7.10. The van der Waals surface area contributed by atoms with Crippen molar-refractivity contribution in [3.8, 4) is 0 Å². The van der Waals surface area contributed by atoms with Crippen LogP contribution in [0.5, 0.6) is 0 Å². The highest BCUT2D eigenvalue weighted by atomic mass is 32.2. The monoisotopic (exact) mass is 173 g/mol. The standard InChI is InChI=1S/C9H19NS/c1-7(2)8-4-9(11-3)6-10-5-8/h7-10H,4-6H2,1-3H3. The van der Waals surface area contributed by atoms with Gasteiger partial charge in [0, 0.05) is 11.8 Å². The summed E-state index contributed by atoms with van der Waals surface area (Å²) in [4.78, 5) is 0. The molecule has 2 heteroatoms. The smallest absolute Gasteiger partial charge is 0.0172 e. The summed E-state index contributed by atoms with van der Waals surface area (Å²) in [6, 6.07) is 0. The molecule has 1 fully saturated rings. The van der Waals surface area contributed by atoms with Gasteiger partial charge >= 0.3 is 0 Å². The van der Waals surface area contributed by atoms with Crippen LogP contribution in [0.2, 0.25) is 0 Å². The summed E-state index contributed by atoms with van der Waals surface area (Å²) >= 11 is 2.00. The van der Waals surface area contributed by atoms with Crippen LogP contribution in [0, 0.1) is 11.8 Å². The highest BCUT2D eigenvalue weighted by Crippen LogP contribution is 2.24. The van der Waals surface area contributed by atoms with Crippen LogP contribution < -0.4 is 5.32 Å². The average molecular weight is 173 g/mol. The van der Waals surface area contributed by atoms with Gasteiger partial charge in [0.05, 0.1) is 0 Å². The maximum Gasteiger partial charge on any atom is 0.0172 e. The second-order valence-corrected chi connectivity index (χ2v) is 4.89. The Morgan fingerprint density at radius 3 is 2.64 bits per heavy atom. The van der Waals surface area contributed by atoms with Gasteiger partial charge in [-0.25, -0.2) is 0 Å². The third kappa shape index (κ3) is 2.68. The highest BCUT2D eigenvalue weighted by Gasteiger charge is 2.22. The minimum absolute atomic E-state index is 0.845. The number of piperidine rings is 1. The summed E-state index contributed by atoms with van der Waals surface area (Å²) in [5.74, 6) is 1.75. The van der Waals surface area contributed by atoms with Gasteiger partial charge in [-0.1, -0.05) is 13.8 Å². The minimum Gasteiger partial charge on any atom is -0.315 e. The number of rotatable bonds is 2. The first kappa shape index (κ1) is 9.40. The van der Waals surface area contributed by atoms with Gasteiger partial charge in [0.15, 0.2) is 0 Å². The van der Waals surface area contributed by atoms with Crippen molar-refractivity contribution in [2.75, 3.05) is 19.3 Å². The fraction of sp³-hybridized carbons (Fsp3) is 1.00. The molecule has 1 heterocycles. The molecule has 0 amide bonds. The van der Waals surface area contributed by atoms with Crippen LogP contribution in [-0.4, -0.2) is 24.6 Å². The van der Waals surface area contributed by atoms with Gasteiger partial charge in [-0.2, -0.15) is 11.8 Å².